The van der Waals surface area contributed by atoms with E-state index in [-0.39, 0.29) is 11.3 Å². The van der Waals surface area contributed by atoms with Crippen LogP contribution in [0.1, 0.15) is 61.8 Å². The van der Waals surface area contributed by atoms with E-state index in [1.165, 1.54) is 22.6 Å². The number of H-pyrrole nitrogens is 1. The molecule has 0 saturated heterocycles. The first-order valence-electron chi connectivity index (χ1n) is 12.8. The number of hydrogen-bond donors (Lipinski definition) is 3. The van der Waals surface area contributed by atoms with Gasteiger partial charge in [0.2, 0.25) is 10.0 Å². The Morgan fingerprint density at radius 3 is 2.69 bits per heavy atom. The van der Waals surface area contributed by atoms with Crippen molar-refractivity contribution in [3.63, 3.8) is 0 Å². The Labute approximate surface area is 210 Å². The number of aliphatic carboxylic acids is 1. The zero-order valence-electron chi connectivity index (χ0n) is 20.3. The van der Waals surface area contributed by atoms with Gasteiger partial charge in [0.1, 0.15) is 17.4 Å². The van der Waals surface area contributed by atoms with E-state index >= 15 is 0 Å². The highest BCUT2D eigenvalue weighted by Gasteiger charge is 2.26. The van der Waals surface area contributed by atoms with Crippen molar-refractivity contribution in [2.24, 2.45) is 0 Å². The van der Waals surface area contributed by atoms with Crippen molar-refractivity contribution in [2.75, 3.05) is 0 Å². The lowest BCUT2D eigenvalue weighted by atomic mass is 9.96. The molecule has 1 aliphatic rings. The van der Waals surface area contributed by atoms with Crippen molar-refractivity contribution >= 4 is 37.9 Å². The number of furan rings is 1. The molecule has 190 valence electrons. The second kappa shape index (κ2) is 10.5. The molecule has 1 aliphatic carbocycles. The molecule has 36 heavy (non-hydrogen) atoms. The molecule has 4 aromatic rings. The third-order valence-corrected chi connectivity index (χ3v) is 8.67. The minimum absolute atomic E-state index is 0.0334. The van der Waals surface area contributed by atoms with Gasteiger partial charge in [-0.25, -0.2) is 8.42 Å². The molecule has 2 aromatic heterocycles. The molecule has 2 aromatic carbocycles. The van der Waals surface area contributed by atoms with E-state index < -0.39 is 22.0 Å². The third-order valence-electron chi connectivity index (χ3n) is 7.20. The lowest BCUT2D eigenvalue weighted by Gasteiger charge is -2.15. The lowest BCUT2D eigenvalue weighted by molar-refractivity contribution is -0.139. The zero-order valence-corrected chi connectivity index (χ0v) is 21.1. The average Bonchev–Trinajstić information content (AvgIpc) is 3.46. The second-order valence-corrected chi connectivity index (χ2v) is 11.4. The quantitative estimate of drug-likeness (QED) is 0.224. The number of nitrogens with one attached hydrogen (secondary N) is 2. The standard InChI is InChI=1S/C28H32N2O5S/c31-28(32)25(13-4-2-1-3-9-19-18-29-24-12-7-5-10-21(19)24)30-36(33,34)20-15-16-23-22-11-6-8-14-26(22)35-27(23)17-20/h5,7,10,12,15-18,25,29-30H,1-4,6,8-9,11,13-14H2,(H,31,32). The summed E-state index contributed by atoms with van der Waals surface area (Å²) < 4.78 is 34.3. The molecular weight excluding hydrogens is 476 g/mol. The summed E-state index contributed by atoms with van der Waals surface area (Å²) in [6.07, 6.45) is 10.7. The normalized spacial score (nSPS) is 14.8. The maximum absolute atomic E-state index is 13.0. The molecular formula is C28H32N2O5S. The molecule has 0 amide bonds. The van der Waals surface area contributed by atoms with E-state index in [4.69, 9.17) is 4.42 Å². The Morgan fingerprint density at radius 1 is 1.03 bits per heavy atom. The van der Waals surface area contributed by atoms with Gasteiger partial charge in [0.05, 0.1) is 4.90 Å². The maximum Gasteiger partial charge on any atom is 0.321 e. The van der Waals surface area contributed by atoms with Crippen molar-refractivity contribution in [1.29, 1.82) is 0 Å². The summed E-state index contributed by atoms with van der Waals surface area (Å²) in [6, 6.07) is 11.9. The average molecular weight is 509 g/mol. The minimum atomic E-state index is -3.99. The van der Waals surface area contributed by atoms with Crippen LogP contribution in [0.3, 0.4) is 0 Å². The summed E-state index contributed by atoms with van der Waals surface area (Å²) in [5.74, 6) is -0.223. The summed E-state index contributed by atoms with van der Waals surface area (Å²) in [4.78, 5) is 15.1. The predicted octanol–water partition coefficient (Wildman–Crippen LogP) is 5.72. The highest BCUT2D eigenvalue weighted by atomic mass is 32.2. The Morgan fingerprint density at radius 2 is 1.83 bits per heavy atom. The number of fused-ring (bicyclic) bond motifs is 4. The molecule has 3 N–H and O–H groups in total. The van der Waals surface area contributed by atoms with E-state index in [0.29, 0.717) is 12.0 Å². The summed E-state index contributed by atoms with van der Waals surface area (Å²) in [7, 11) is -3.99. The summed E-state index contributed by atoms with van der Waals surface area (Å²) in [5.41, 5.74) is 4.14. The maximum atomic E-state index is 13.0. The molecule has 2 heterocycles. The van der Waals surface area contributed by atoms with Crippen LogP contribution < -0.4 is 4.72 Å². The van der Waals surface area contributed by atoms with Gasteiger partial charge in [-0.2, -0.15) is 4.72 Å². The van der Waals surface area contributed by atoms with E-state index in [9.17, 15) is 18.3 Å². The number of carboxylic acids is 1. The minimum Gasteiger partial charge on any atom is -0.480 e. The Bertz CT molecular complexity index is 1480. The lowest BCUT2D eigenvalue weighted by Crippen LogP contribution is -2.40. The van der Waals surface area contributed by atoms with E-state index in [0.717, 1.165) is 68.0 Å². The van der Waals surface area contributed by atoms with Crippen LogP contribution in [0.2, 0.25) is 0 Å². The molecule has 0 radical (unpaired) electrons. The van der Waals surface area contributed by atoms with E-state index in [1.807, 2.05) is 12.1 Å². The number of carbonyl (C=O) groups is 1. The largest absolute Gasteiger partial charge is 0.480 e. The Kier molecular flexibility index (Phi) is 7.16. The van der Waals surface area contributed by atoms with Gasteiger partial charge >= 0.3 is 5.97 Å². The van der Waals surface area contributed by atoms with E-state index in [2.05, 4.69) is 28.0 Å². The number of para-hydroxylation sites is 1. The number of aromatic nitrogens is 1. The predicted molar refractivity (Wildman–Crippen MR) is 140 cm³/mol. The first kappa shape index (κ1) is 24.6. The van der Waals surface area contributed by atoms with Gasteiger partial charge in [0.25, 0.3) is 0 Å². The SMILES string of the molecule is O=C(O)C(CCCCCCc1c[nH]c2ccccc12)NS(=O)(=O)c1ccc2c3c(oc2c1)CCCC3. The highest BCUT2D eigenvalue weighted by molar-refractivity contribution is 7.89. The molecule has 0 bridgehead atoms. The van der Waals surface area contributed by atoms with Gasteiger partial charge in [-0.3, -0.25) is 4.79 Å². The second-order valence-electron chi connectivity index (χ2n) is 9.69. The fourth-order valence-corrected chi connectivity index (χ4v) is 6.49. The van der Waals surface area contributed by atoms with Crippen LogP contribution in [0.15, 0.2) is 58.0 Å². The fourth-order valence-electron chi connectivity index (χ4n) is 5.26. The molecule has 1 unspecified atom stereocenters. The summed E-state index contributed by atoms with van der Waals surface area (Å²) in [6.45, 7) is 0. The smallest absolute Gasteiger partial charge is 0.321 e. The van der Waals surface area contributed by atoms with Crippen molar-refractivity contribution in [3.05, 3.63) is 65.5 Å². The third kappa shape index (κ3) is 5.20. The van der Waals surface area contributed by atoms with Gasteiger partial charge in [0, 0.05) is 40.5 Å². The topological polar surface area (TPSA) is 112 Å². The number of aryl methyl sites for hydroxylation is 3. The van der Waals surface area contributed by atoms with Crippen molar-refractivity contribution in [2.45, 2.75) is 75.1 Å². The van der Waals surface area contributed by atoms with Gasteiger partial charge < -0.3 is 14.5 Å². The molecule has 5 rings (SSSR count). The molecule has 7 nitrogen and oxygen atoms in total. The van der Waals surface area contributed by atoms with Gasteiger partial charge in [-0.15, -0.1) is 0 Å². The molecule has 8 heteroatoms. The van der Waals surface area contributed by atoms with Crippen LogP contribution in [-0.2, 0) is 34.1 Å². The van der Waals surface area contributed by atoms with Crippen molar-refractivity contribution in [1.82, 2.24) is 9.71 Å². The van der Waals surface area contributed by atoms with Gasteiger partial charge in [-0.1, -0.05) is 37.5 Å². The monoisotopic (exact) mass is 508 g/mol. The molecule has 0 fully saturated rings. The number of sulfonamides is 1. The van der Waals surface area contributed by atoms with Crippen LogP contribution >= 0.6 is 0 Å². The number of benzene rings is 2. The first-order chi connectivity index (χ1) is 17.4. The number of carboxylic acid groups (broad SMARTS) is 1. The van der Waals surface area contributed by atoms with Crippen LogP contribution in [-0.4, -0.2) is 30.5 Å². The van der Waals surface area contributed by atoms with Crippen molar-refractivity contribution in [3.8, 4) is 0 Å². The molecule has 0 saturated carbocycles. The van der Waals surface area contributed by atoms with Crippen LogP contribution in [0.5, 0.6) is 0 Å². The van der Waals surface area contributed by atoms with Gasteiger partial charge in [0.15, 0.2) is 0 Å². The summed E-state index contributed by atoms with van der Waals surface area (Å²) in [5, 5.41) is 11.8. The Hall–Kier alpha value is -3.10. The molecule has 0 aliphatic heterocycles. The van der Waals surface area contributed by atoms with Crippen LogP contribution in [0.25, 0.3) is 21.9 Å². The number of rotatable bonds is 11. The molecule has 1 atom stereocenters. The van der Waals surface area contributed by atoms with Crippen molar-refractivity contribution < 1.29 is 22.7 Å². The summed E-state index contributed by atoms with van der Waals surface area (Å²) >= 11 is 0. The van der Waals surface area contributed by atoms with E-state index in [1.54, 1.807) is 12.1 Å². The van der Waals surface area contributed by atoms with Crippen LogP contribution in [0.4, 0.5) is 0 Å². The highest BCUT2D eigenvalue weighted by Crippen LogP contribution is 2.33. The van der Waals surface area contributed by atoms with Gasteiger partial charge in [-0.05, 0) is 62.3 Å². The first-order valence-corrected chi connectivity index (χ1v) is 14.2. The Balaban J connectivity index is 1.15. The van der Waals surface area contributed by atoms with Crippen LogP contribution in [0, 0.1) is 0 Å². The number of hydrogen-bond acceptors (Lipinski definition) is 4. The number of aromatic amines is 1. The molecule has 0 spiro atoms. The number of unbranched alkanes of at least 4 members (excludes halogenated alkanes) is 3. The zero-order chi connectivity index (χ0) is 25.1. The fraction of sp³-hybridized carbons (Fsp3) is 0.393.